The van der Waals surface area contributed by atoms with E-state index in [0.29, 0.717) is 6.04 Å². The fourth-order valence-corrected chi connectivity index (χ4v) is 2.78. The molecule has 0 unspecified atom stereocenters. The van der Waals surface area contributed by atoms with Gasteiger partial charge in [0.1, 0.15) is 0 Å². The molecule has 0 spiro atoms. The number of nitrogens with zero attached hydrogens (tertiary/aromatic N) is 1. The van der Waals surface area contributed by atoms with Crippen molar-refractivity contribution in [2.75, 3.05) is 24.5 Å². The number of amides is 1. The molecule has 1 saturated heterocycles. The van der Waals surface area contributed by atoms with E-state index < -0.39 is 0 Å². The summed E-state index contributed by atoms with van der Waals surface area (Å²) in [4.78, 5) is 13.5. The lowest BCUT2D eigenvalue weighted by atomic mass is 10.0. The first-order valence-corrected chi connectivity index (χ1v) is 7.51. The number of benzene rings is 1. The smallest absolute Gasteiger partial charge is 0.217 e. The molecule has 2 N–H and O–H groups in total. The van der Waals surface area contributed by atoms with Crippen LogP contribution in [0.4, 0.5) is 5.69 Å². The summed E-state index contributed by atoms with van der Waals surface area (Å²) in [5.41, 5.74) is 2.68. The molecular weight excluding hydrogens is 250 g/mol. The van der Waals surface area contributed by atoms with Crippen molar-refractivity contribution in [1.82, 2.24) is 10.6 Å². The van der Waals surface area contributed by atoms with Gasteiger partial charge in [0.2, 0.25) is 5.91 Å². The van der Waals surface area contributed by atoms with E-state index in [0.717, 1.165) is 39.0 Å². The van der Waals surface area contributed by atoms with Gasteiger partial charge in [0.05, 0.1) is 0 Å². The quantitative estimate of drug-likeness (QED) is 0.862. The molecule has 0 atom stereocenters. The standard InChI is InChI=1S/C16H25N3O/c1-3-17-12-14-6-4-5-7-16(14)19-10-8-15(9-11-19)18-13(2)20/h4-7,15,17H,3,8-12H2,1-2H3,(H,18,20). The van der Waals surface area contributed by atoms with Crippen LogP contribution in [0.1, 0.15) is 32.3 Å². The summed E-state index contributed by atoms with van der Waals surface area (Å²) < 4.78 is 0. The third-order valence-electron chi connectivity index (χ3n) is 3.80. The van der Waals surface area contributed by atoms with E-state index in [1.54, 1.807) is 6.92 Å². The number of carbonyl (C=O) groups is 1. The minimum atomic E-state index is 0.0796. The highest BCUT2D eigenvalue weighted by atomic mass is 16.1. The molecule has 1 fully saturated rings. The normalized spacial score (nSPS) is 16.2. The third kappa shape index (κ3) is 3.97. The van der Waals surface area contributed by atoms with Gasteiger partial charge >= 0.3 is 0 Å². The highest BCUT2D eigenvalue weighted by Gasteiger charge is 2.21. The van der Waals surface area contributed by atoms with Gasteiger partial charge in [0.15, 0.2) is 0 Å². The fraction of sp³-hybridized carbons (Fsp3) is 0.562. The molecule has 1 aromatic carbocycles. The molecule has 1 amide bonds. The monoisotopic (exact) mass is 275 g/mol. The van der Waals surface area contributed by atoms with Crippen molar-refractivity contribution in [2.24, 2.45) is 0 Å². The Hall–Kier alpha value is -1.55. The van der Waals surface area contributed by atoms with Crippen molar-refractivity contribution in [3.8, 4) is 0 Å². The molecule has 1 aliphatic rings. The summed E-state index contributed by atoms with van der Waals surface area (Å²) in [6.07, 6.45) is 2.05. The molecule has 0 bridgehead atoms. The van der Waals surface area contributed by atoms with Gasteiger partial charge in [-0.05, 0) is 31.0 Å². The minimum absolute atomic E-state index is 0.0796. The molecule has 0 aromatic heterocycles. The van der Waals surface area contributed by atoms with Gasteiger partial charge in [-0.3, -0.25) is 4.79 Å². The summed E-state index contributed by atoms with van der Waals surface area (Å²) >= 11 is 0. The zero-order chi connectivity index (χ0) is 14.4. The lowest BCUT2D eigenvalue weighted by Gasteiger charge is -2.35. The Morgan fingerprint density at radius 2 is 2.00 bits per heavy atom. The summed E-state index contributed by atoms with van der Waals surface area (Å²) in [6, 6.07) is 8.93. The number of hydrogen-bond acceptors (Lipinski definition) is 3. The molecular formula is C16H25N3O. The Morgan fingerprint density at radius 3 is 2.65 bits per heavy atom. The molecule has 2 rings (SSSR count). The molecule has 1 aliphatic heterocycles. The van der Waals surface area contributed by atoms with Crippen molar-refractivity contribution < 1.29 is 4.79 Å². The average Bonchev–Trinajstić information content (AvgIpc) is 2.46. The second-order valence-corrected chi connectivity index (χ2v) is 5.37. The number of piperidine rings is 1. The van der Waals surface area contributed by atoms with Crippen molar-refractivity contribution in [3.63, 3.8) is 0 Å². The van der Waals surface area contributed by atoms with E-state index in [1.165, 1.54) is 11.3 Å². The highest BCUT2D eigenvalue weighted by Crippen LogP contribution is 2.24. The van der Waals surface area contributed by atoms with Crippen LogP contribution in [0.5, 0.6) is 0 Å². The molecule has 0 radical (unpaired) electrons. The van der Waals surface area contributed by atoms with E-state index >= 15 is 0 Å². The molecule has 0 saturated carbocycles. The van der Waals surface area contributed by atoms with Crippen LogP contribution in [-0.4, -0.2) is 31.6 Å². The predicted octanol–water partition coefficient (Wildman–Crippen LogP) is 1.90. The zero-order valence-corrected chi connectivity index (χ0v) is 12.5. The number of carbonyl (C=O) groups excluding carboxylic acids is 1. The van der Waals surface area contributed by atoms with E-state index in [4.69, 9.17) is 0 Å². The van der Waals surface area contributed by atoms with Crippen molar-refractivity contribution in [3.05, 3.63) is 29.8 Å². The molecule has 4 heteroatoms. The van der Waals surface area contributed by atoms with E-state index in [1.807, 2.05) is 0 Å². The first-order chi connectivity index (χ1) is 9.70. The van der Waals surface area contributed by atoms with Crippen LogP contribution in [0.15, 0.2) is 24.3 Å². The molecule has 4 nitrogen and oxygen atoms in total. The number of para-hydroxylation sites is 1. The second-order valence-electron chi connectivity index (χ2n) is 5.37. The maximum absolute atomic E-state index is 11.1. The van der Waals surface area contributed by atoms with Gasteiger partial charge in [-0.1, -0.05) is 25.1 Å². The molecule has 110 valence electrons. The SMILES string of the molecule is CCNCc1ccccc1N1CCC(NC(C)=O)CC1. The number of rotatable bonds is 5. The van der Waals surface area contributed by atoms with Gasteiger partial charge in [0, 0.05) is 38.3 Å². The van der Waals surface area contributed by atoms with Crippen molar-refractivity contribution in [2.45, 2.75) is 39.3 Å². The Bertz CT molecular complexity index is 439. The molecule has 20 heavy (non-hydrogen) atoms. The van der Waals surface area contributed by atoms with Crippen LogP contribution in [0.25, 0.3) is 0 Å². The second kappa shape index (κ2) is 7.29. The summed E-state index contributed by atoms with van der Waals surface area (Å²) in [5, 5.41) is 6.42. The van der Waals surface area contributed by atoms with Crippen molar-refractivity contribution in [1.29, 1.82) is 0 Å². The van der Waals surface area contributed by atoms with Crippen molar-refractivity contribution >= 4 is 11.6 Å². The largest absolute Gasteiger partial charge is 0.371 e. The predicted molar refractivity (Wildman–Crippen MR) is 82.9 cm³/mol. The summed E-state index contributed by atoms with van der Waals surface area (Å²) in [5.74, 6) is 0.0796. The van der Waals surface area contributed by atoms with Crippen LogP contribution in [-0.2, 0) is 11.3 Å². The molecule has 1 aromatic rings. The Morgan fingerprint density at radius 1 is 1.30 bits per heavy atom. The van der Waals surface area contributed by atoms with Crippen LogP contribution in [0, 0.1) is 0 Å². The van der Waals surface area contributed by atoms with E-state index in [-0.39, 0.29) is 5.91 Å². The van der Waals surface area contributed by atoms with Gasteiger partial charge in [-0.2, -0.15) is 0 Å². The van der Waals surface area contributed by atoms with Crippen LogP contribution in [0.2, 0.25) is 0 Å². The first kappa shape index (κ1) is 14.9. The van der Waals surface area contributed by atoms with Gasteiger partial charge in [0.25, 0.3) is 0 Å². The highest BCUT2D eigenvalue weighted by molar-refractivity contribution is 5.73. The van der Waals surface area contributed by atoms with E-state index in [2.05, 4.69) is 46.7 Å². The number of anilines is 1. The van der Waals surface area contributed by atoms with Gasteiger partial charge < -0.3 is 15.5 Å². The van der Waals surface area contributed by atoms with Gasteiger partial charge in [-0.15, -0.1) is 0 Å². The number of hydrogen-bond donors (Lipinski definition) is 2. The lowest BCUT2D eigenvalue weighted by Crippen LogP contribution is -2.44. The molecule has 0 aliphatic carbocycles. The average molecular weight is 275 g/mol. The molecule has 1 heterocycles. The van der Waals surface area contributed by atoms with Crippen LogP contribution in [0.3, 0.4) is 0 Å². The zero-order valence-electron chi connectivity index (χ0n) is 12.5. The third-order valence-corrected chi connectivity index (χ3v) is 3.80. The summed E-state index contributed by atoms with van der Waals surface area (Å²) in [7, 11) is 0. The maximum atomic E-state index is 11.1. The lowest BCUT2D eigenvalue weighted by molar-refractivity contribution is -0.119. The van der Waals surface area contributed by atoms with E-state index in [9.17, 15) is 4.79 Å². The Balaban J connectivity index is 1.97. The Labute approximate surface area is 121 Å². The topological polar surface area (TPSA) is 44.4 Å². The maximum Gasteiger partial charge on any atom is 0.217 e. The number of nitrogens with one attached hydrogen (secondary N) is 2. The van der Waals surface area contributed by atoms with Gasteiger partial charge in [-0.25, -0.2) is 0 Å². The summed E-state index contributed by atoms with van der Waals surface area (Å²) in [6.45, 7) is 7.64. The fourth-order valence-electron chi connectivity index (χ4n) is 2.78. The van der Waals surface area contributed by atoms with Crippen LogP contribution < -0.4 is 15.5 Å². The Kier molecular flexibility index (Phi) is 5.41. The minimum Gasteiger partial charge on any atom is -0.371 e. The van der Waals surface area contributed by atoms with Crippen LogP contribution >= 0.6 is 0 Å². The first-order valence-electron chi connectivity index (χ1n) is 7.51.